The van der Waals surface area contributed by atoms with Crippen molar-refractivity contribution < 1.29 is 12.6 Å². The molecular weight excluding hydrogens is 148 g/mol. The molecule has 5 heteroatoms. The summed E-state index contributed by atoms with van der Waals surface area (Å²) in [4.78, 5) is 0. The molecule has 1 aliphatic rings. The van der Waals surface area contributed by atoms with E-state index in [1.165, 1.54) is 0 Å². The summed E-state index contributed by atoms with van der Waals surface area (Å²) in [5.74, 6) is 0.112. The molecule has 1 heterocycles. The van der Waals surface area contributed by atoms with E-state index in [1.54, 1.807) is 0 Å². The van der Waals surface area contributed by atoms with Crippen LogP contribution in [0.4, 0.5) is 0 Å². The highest BCUT2D eigenvalue weighted by Gasteiger charge is 2.25. The van der Waals surface area contributed by atoms with E-state index >= 15 is 0 Å². The molecule has 0 spiro atoms. The van der Waals surface area contributed by atoms with E-state index in [-0.39, 0.29) is 5.75 Å². The molecule has 1 fully saturated rings. The van der Waals surface area contributed by atoms with Gasteiger partial charge in [0, 0.05) is 6.42 Å². The fourth-order valence-corrected chi connectivity index (χ4v) is 2.24. The first-order valence-corrected chi connectivity index (χ1v) is 4.28. The lowest BCUT2D eigenvalue weighted by Crippen LogP contribution is -1.99. The molecule has 0 saturated carbocycles. The Labute approximate surface area is 53.6 Å². The van der Waals surface area contributed by atoms with Crippen molar-refractivity contribution in [1.29, 1.82) is 0 Å². The maximum Gasteiger partial charge on any atom is 0.268 e. The predicted octanol–water partition coefficient (Wildman–Crippen LogP) is -0.00760. The van der Waals surface area contributed by atoms with Gasteiger partial charge in [-0.25, -0.2) is 0 Å². The van der Waals surface area contributed by atoms with Gasteiger partial charge in [-0.15, -0.1) is 12.6 Å². The van der Waals surface area contributed by atoms with Crippen molar-refractivity contribution in [3.63, 3.8) is 0 Å². The van der Waals surface area contributed by atoms with Crippen molar-refractivity contribution in [1.82, 2.24) is 0 Å². The van der Waals surface area contributed by atoms with Crippen LogP contribution in [-0.4, -0.2) is 19.6 Å². The molecular formula is C3H6O3S2. The molecule has 0 aromatic rings. The molecule has 0 aromatic carbocycles. The summed E-state index contributed by atoms with van der Waals surface area (Å²) in [6.45, 7) is 0. The lowest BCUT2D eigenvalue weighted by Gasteiger charge is -1.92. The maximum absolute atomic E-state index is 10.4. The largest absolute Gasteiger partial charge is 0.268 e. The molecule has 1 rings (SSSR count). The molecule has 1 saturated heterocycles. The minimum Gasteiger partial charge on any atom is -0.256 e. The Kier molecular flexibility index (Phi) is 1.51. The van der Waals surface area contributed by atoms with Gasteiger partial charge in [0.1, 0.15) is 5.44 Å². The Hall–Kier alpha value is 0.260. The quantitative estimate of drug-likeness (QED) is 0.394. The Balaban J connectivity index is 2.71. The standard InChI is InChI=1S/C3H6O3S2/c4-8(5)2-1-3(7)6-8/h3,7H,1-2H2. The molecule has 3 nitrogen and oxygen atoms in total. The van der Waals surface area contributed by atoms with E-state index < -0.39 is 15.6 Å². The van der Waals surface area contributed by atoms with E-state index in [0.717, 1.165) is 0 Å². The highest BCUT2D eigenvalue weighted by molar-refractivity contribution is 7.88. The smallest absolute Gasteiger partial charge is 0.256 e. The normalized spacial score (nSPS) is 35.4. The first-order chi connectivity index (χ1) is 3.60. The molecule has 48 valence electrons. The monoisotopic (exact) mass is 154 g/mol. The van der Waals surface area contributed by atoms with Crippen molar-refractivity contribution in [2.24, 2.45) is 0 Å². The van der Waals surface area contributed by atoms with E-state index in [9.17, 15) is 8.42 Å². The summed E-state index contributed by atoms with van der Waals surface area (Å²) < 4.78 is 25.1. The summed E-state index contributed by atoms with van der Waals surface area (Å²) >= 11 is 3.80. The second kappa shape index (κ2) is 1.89. The minimum absolute atomic E-state index is 0.112. The first-order valence-electron chi connectivity index (χ1n) is 2.19. The zero-order valence-corrected chi connectivity index (χ0v) is 5.78. The fourth-order valence-electron chi connectivity index (χ4n) is 0.511. The van der Waals surface area contributed by atoms with E-state index in [1.807, 2.05) is 0 Å². The summed E-state index contributed by atoms with van der Waals surface area (Å²) in [6, 6.07) is 0. The van der Waals surface area contributed by atoms with Crippen LogP contribution in [0.15, 0.2) is 0 Å². The summed E-state index contributed by atoms with van der Waals surface area (Å²) in [6.07, 6.45) is 0.505. The van der Waals surface area contributed by atoms with Crippen LogP contribution < -0.4 is 0 Å². The lowest BCUT2D eigenvalue weighted by atomic mass is 10.5. The van der Waals surface area contributed by atoms with Gasteiger partial charge in [0.05, 0.1) is 5.75 Å². The Morgan fingerprint density at radius 3 is 2.38 bits per heavy atom. The number of rotatable bonds is 0. The molecule has 0 N–H and O–H groups in total. The van der Waals surface area contributed by atoms with Gasteiger partial charge in [-0.2, -0.15) is 8.42 Å². The van der Waals surface area contributed by atoms with Crippen LogP contribution in [0, 0.1) is 0 Å². The number of hydrogen-bond donors (Lipinski definition) is 1. The molecule has 0 radical (unpaired) electrons. The van der Waals surface area contributed by atoms with Crippen LogP contribution >= 0.6 is 12.6 Å². The van der Waals surface area contributed by atoms with Crippen LogP contribution in [0.5, 0.6) is 0 Å². The van der Waals surface area contributed by atoms with E-state index in [4.69, 9.17) is 0 Å². The Bertz CT molecular complexity index is 171. The zero-order chi connectivity index (χ0) is 6.20. The van der Waals surface area contributed by atoms with Crippen molar-refractivity contribution in [3.8, 4) is 0 Å². The van der Waals surface area contributed by atoms with E-state index in [0.29, 0.717) is 6.42 Å². The second-order valence-corrected chi connectivity index (χ2v) is 3.89. The van der Waals surface area contributed by atoms with Gasteiger partial charge < -0.3 is 0 Å². The van der Waals surface area contributed by atoms with Gasteiger partial charge in [0.2, 0.25) is 0 Å². The van der Waals surface area contributed by atoms with Crippen molar-refractivity contribution in [2.75, 3.05) is 5.75 Å². The average molecular weight is 154 g/mol. The highest BCUT2D eigenvalue weighted by atomic mass is 32.2. The molecule has 0 aromatic heterocycles. The maximum atomic E-state index is 10.4. The van der Waals surface area contributed by atoms with Crippen LogP contribution in [0.2, 0.25) is 0 Å². The van der Waals surface area contributed by atoms with Gasteiger partial charge in [-0.3, -0.25) is 4.18 Å². The molecule has 0 bridgehead atoms. The van der Waals surface area contributed by atoms with Gasteiger partial charge in [-0.05, 0) is 0 Å². The van der Waals surface area contributed by atoms with Gasteiger partial charge in [0.25, 0.3) is 10.1 Å². The number of thiol groups is 1. The topological polar surface area (TPSA) is 43.4 Å². The predicted molar refractivity (Wildman–Crippen MR) is 32.3 cm³/mol. The minimum atomic E-state index is -3.17. The van der Waals surface area contributed by atoms with E-state index in [2.05, 4.69) is 16.8 Å². The summed E-state index contributed by atoms with van der Waals surface area (Å²) in [5, 5.41) is 0. The molecule has 1 aliphatic heterocycles. The van der Waals surface area contributed by atoms with Gasteiger partial charge in [0.15, 0.2) is 0 Å². The lowest BCUT2D eigenvalue weighted by molar-refractivity contribution is 0.326. The molecule has 1 unspecified atom stereocenters. The highest BCUT2D eigenvalue weighted by Crippen LogP contribution is 2.17. The third kappa shape index (κ3) is 1.37. The van der Waals surface area contributed by atoms with Crippen LogP contribution in [0.1, 0.15) is 6.42 Å². The Morgan fingerprint density at radius 2 is 2.25 bits per heavy atom. The zero-order valence-electron chi connectivity index (χ0n) is 4.07. The van der Waals surface area contributed by atoms with Gasteiger partial charge in [-0.1, -0.05) is 0 Å². The van der Waals surface area contributed by atoms with Crippen LogP contribution in [0.3, 0.4) is 0 Å². The fraction of sp³-hybridized carbons (Fsp3) is 1.00. The number of hydrogen-bond acceptors (Lipinski definition) is 4. The first kappa shape index (κ1) is 6.38. The molecule has 1 atom stereocenters. The molecule has 0 aliphatic carbocycles. The SMILES string of the molecule is O=S1(=O)CCC(S)O1. The van der Waals surface area contributed by atoms with Crippen LogP contribution in [0.25, 0.3) is 0 Å². The van der Waals surface area contributed by atoms with Gasteiger partial charge >= 0.3 is 0 Å². The molecule has 0 amide bonds. The van der Waals surface area contributed by atoms with Crippen molar-refractivity contribution in [2.45, 2.75) is 11.9 Å². The summed E-state index contributed by atoms with van der Waals surface area (Å²) in [7, 11) is -3.17. The third-order valence-electron chi connectivity index (χ3n) is 0.872. The molecule has 8 heavy (non-hydrogen) atoms. The van der Waals surface area contributed by atoms with Crippen molar-refractivity contribution >= 4 is 22.7 Å². The Morgan fingerprint density at radius 1 is 1.62 bits per heavy atom. The second-order valence-electron chi connectivity index (χ2n) is 1.60. The third-order valence-corrected chi connectivity index (χ3v) is 2.64. The van der Waals surface area contributed by atoms with Crippen LogP contribution in [-0.2, 0) is 14.3 Å². The average Bonchev–Trinajstić information content (AvgIpc) is 1.82. The summed E-state index contributed by atoms with van der Waals surface area (Å²) in [5.41, 5.74) is -0.403. The van der Waals surface area contributed by atoms with Crippen molar-refractivity contribution in [3.05, 3.63) is 0 Å².